The van der Waals surface area contributed by atoms with Gasteiger partial charge in [-0.05, 0) is 0 Å². The molecule has 0 N–H and O–H groups in total. The molecule has 4 nitrogen and oxygen atoms in total. The van der Waals surface area contributed by atoms with Crippen LogP contribution in [0.1, 0.15) is 0 Å². The molecule has 0 rings (SSSR count). The van der Waals surface area contributed by atoms with E-state index in [1.54, 1.807) is 0 Å². The minimum Gasteiger partial charge on any atom is -2.00 e. The summed E-state index contributed by atoms with van der Waals surface area (Å²) in [5.41, 5.74) is 0. The quantitative estimate of drug-likeness (QED) is 0.538. The van der Waals surface area contributed by atoms with Crippen LogP contribution in [0, 0.1) is 0 Å². The van der Waals surface area contributed by atoms with Gasteiger partial charge in [-0.2, -0.15) is 0 Å². The summed E-state index contributed by atoms with van der Waals surface area (Å²) in [5, 5.41) is 0. The van der Waals surface area contributed by atoms with E-state index in [1.807, 2.05) is 0 Å². The molecule has 0 heterocycles. The van der Waals surface area contributed by atoms with Gasteiger partial charge in [0.15, 0.2) is 0 Å². The molecule has 0 aromatic carbocycles. The monoisotopic (exact) mass is 307 g/mol. The third-order valence-corrected chi connectivity index (χ3v) is 0. The molecule has 0 aromatic heterocycles. The molecule has 0 saturated heterocycles. The average molecular weight is 307 g/mol. The zero-order chi connectivity index (χ0) is 0. The molecule has 0 atom stereocenters. The Morgan fingerprint density at radius 3 is 0.500 bits per heavy atom. The van der Waals surface area contributed by atoms with Crippen LogP contribution in [-0.4, -0.2) is 0 Å². The maximum absolute atomic E-state index is 0. The summed E-state index contributed by atoms with van der Waals surface area (Å²) in [5.74, 6) is 0. The summed E-state index contributed by atoms with van der Waals surface area (Å²) >= 11 is 0. The largest absolute Gasteiger partial charge is 4.00 e. The molecule has 6 heavy (non-hydrogen) atoms. The van der Waals surface area contributed by atoms with Crippen molar-refractivity contribution < 1.29 is 64.7 Å². The van der Waals surface area contributed by atoms with Gasteiger partial charge in [-0.25, -0.2) is 0 Å². The van der Waals surface area contributed by atoms with Crippen LogP contribution in [0.15, 0.2) is 0 Å². The zero-order valence-corrected chi connectivity index (χ0v) is 6.28. The molecular formula is O4PtTi. The van der Waals surface area contributed by atoms with Gasteiger partial charge in [0.2, 0.25) is 0 Å². The molecule has 0 aliphatic rings. The van der Waals surface area contributed by atoms with Crippen LogP contribution >= 0.6 is 0 Å². The average Bonchev–Trinajstić information content (AvgIpc) is 0. The molecule has 0 unspecified atom stereocenters. The fourth-order valence-corrected chi connectivity index (χ4v) is 0. The first kappa shape index (κ1) is 183. The predicted molar refractivity (Wildman–Crippen MR) is 2.75 cm³/mol. The van der Waals surface area contributed by atoms with Gasteiger partial charge in [-0.1, -0.05) is 0 Å². The Balaban J connectivity index is 0. The first-order chi connectivity index (χ1) is 0. The summed E-state index contributed by atoms with van der Waals surface area (Å²) in [6, 6.07) is 0. The molecule has 0 aliphatic heterocycles. The van der Waals surface area contributed by atoms with Gasteiger partial charge in [-0.15, -0.1) is 0 Å². The van der Waals surface area contributed by atoms with Crippen molar-refractivity contribution in [2.24, 2.45) is 0 Å². The van der Waals surface area contributed by atoms with Crippen molar-refractivity contribution in [3.63, 3.8) is 0 Å². The molecule has 0 radical (unpaired) electrons. The van der Waals surface area contributed by atoms with Crippen molar-refractivity contribution in [2.75, 3.05) is 0 Å². The molecule has 0 spiro atoms. The van der Waals surface area contributed by atoms with Crippen LogP contribution in [0.5, 0.6) is 0 Å². The minimum absolute atomic E-state index is 0. The van der Waals surface area contributed by atoms with Crippen molar-refractivity contribution in [3.05, 3.63) is 0 Å². The van der Waals surface area contributed by atoms with Crippen LogP contribution in [0.2, 0.25) is 0 Å². The molecule has 0 saturated carbocycles. The van der Waals surface area contributed by atoms with Crippen molar-refractivity contribution >= 4 is 0 Å². The van der Waals surface area contributed by atoms with Crippen LogP contribution in [0.25, 0.3) is 0 Å². The van der Waals surface area contributed by atoms with Crippen molar-refractivity contribution in [3.8, 4) is 0 Å². The van der Waals surface area contributed by atoms with Crippen molar-refractivity contribution in [2.45, 2.75) is 0 Å². The van der Waals surface area contributed by atoms with E-state index in [4.69, 9.17) is 0 Å². The van der Waals surface area contributed by atoms with Gasteiger partial charge in [0.25, 0.3) is 0 Å². The van der Waals surface area contributed by atoms with E-state index in [2.05, 4.69) is 0 Å². The summed E-state index contributed by atoms with van der Waals surface area (Å²) in [7, 11) is 0. The summed E-state index contributed by atoms with van der Waals surface area (Å²) in [6.07, 6.45) is 0. The van der Waals surface area contributed by atoms with Gasteiger partial charge in [0.05, 0.1) is 0 Å². The van der Waals surface area contributed by atoms with Crippen LogP contribution in [0.4, 0.5) is 0 Å². The smallest absolute Gasteiger partial charge is 2.00 e. The SMILES string of the molecule is [O-2].[O-2].[O-2].[O-2].[Pt+4].[Ti+4]. The van der Waals surface area contributed by atoms with Crippen LogP contribution in [-0.2, 0) is 64.7 Å². The normalized spacial score (nSPS) is 0. The molecule has 0 aromatic rings. The minimum atomic E-state index is 0. The number of hydrogen-bond acceptors (Lipinski definition) is 0. The third kappa shape index (κ3) is 61.1. The van der Waals surface area contributed by atoms with Gasteiger partial charge < -0.3 is 21.9 Å². The zero-order valence-electron chi connectivity index (χ0n) is 2.45. The van der Waals surface area contributed by atoms with E-state index in [0.717, 1.165) is 0 Å². The maximum atomic E-state index is 0. The van der Waals surface area contributed by atoms with Gasteiger partial charge in [0.1, 0.15) is 0 Å². The van der Waals surface area contributed by atoms with Crippen LogP contribution in [0.3, 0.4) is 0 Å². The Morgan fingerprint density at radius 2 is 0.500 bits per heavy atom. The van der Waals surface area contributed by atoms with Gasteiger partial charge >= 0.3 is 42.8 Å². The van der Waals surface area contributed by atoms with E-state index >= 15 is 0 Å². The molecule has 0 fully saturated rings. The number of rotatable bonds is 0. The van der Waals surface area contributed by atoms with Gasteiger partial charge in [0, 0.05) is 0 Å². The van der Waals surface area contributed by atoms with Gasteiger partial charge in [-0.3, -0.25) is 0 Å². The Kier molecular flexibility index (Phi) is 3390. The predicted octanol–water partition coefficient (Wildman–Crippen LogP) is -0.480. The Labute approximate surface area is 64.7 Å². The summed E-state index contributed by atoms with van der Waals surface area (Å²) < 4.78 is 0. The van der Waals surface area contributed by atoms with E-state index in [1.165, 1.54) is 0 Å². The fraction of sp³-hybridized carbons (Fsp3) is 0. The van der Waals surface area contributed by atoms with E-state index in [-0.39, 0.29) is 64.7 Å². The molecule has 0 amide bonds. The number of hydrogen-bond donors (Lipinski definition) is 0. The molecular weight excluding hydrogens is 307 g/mol. The fourth-order valence-electron chi connectivity index (χ4n) is 0. The molecule has 6 heteroatoms. The second-order valence-electron chi connectivity index (χ2n) is 0. The first-order valence-corrected chi connectivity index (χ1v) is 0. The van der Waals surface area contributed by atoms with E-state index < -0.39 is 0 Å². The maximum Gasteiger partial charge on any atom is 4.00 e. The molecule has 0 bridgehead atoms. The summed E-state index contributed by atoms with van der Waals surface area (Å²) in [4.78, 5) is 0. The Hall–Kier alpha value is 1.24. The topological polar surface area (TPSA) is 114 Å². The third-order valence-electron chi connectivity index (χ3n) is 0. The van der Waals surface area contributed by atoms with E-state index in [9.17, 15) is 0 Å². The molecule has 0 aliphatic carbocycles. The van der Waals surface area contributed by atoms with Crippen molar-refractivity contribution in [1.82, 2.24) is 0 Å². The van der Waals surface area contributed by atoms with Crippen molar-refractivity contribution in [1.29, 1.82) is 0 Å². The standard InChI is InChI=1S/4O.Pt.Ti/q4*-2;2*+4. The Morgan fingerprint density at radius 1 is 0.500 bits per heavy atom. The second-order valence-corrected chi connectivity index (χ2v) is 0. The molecule has 38 valence electrons. The Bertz CT molecular complexity index is 7.51. The first-order valence-electron chi connectivity index (χ1n) is 0. The summed E-state index contributed by atoms with van der Waals surface area (Å²) in [6.45, 7) is 0. The van der Waals surface area contributed by atoms with Crippen LogP contribution < -0.4 is 0 Å². The second kappa shape index (κ2) is 111. The van der Waals surface area contributed by atoms with E-state index in [0.29, 0.717) is 0 Å².